The minimum Gasteiger partial charge on any atom is -0.502 e. The molecule has 0 spiro atoms. The third-order valence-corrected chi connectivity index (χ3v) is 4.33. The first-order valence-corrected chi connectivity index (χ1v) is 7.62. The van der Waals surface area contributed by atoms with Crippen LogP contribution in [0.2, 0.25) is 0 Å². The number of aromatic carboxylic acids is 1. The number of carbonyl (C=O) groups excluding carboxylic acids is 1. The summed E-state index contributed by atoms with van der Waals surface area (Å²) in [7, 11) is 0. The zero-order valence-electron chi connectivity index (χ0n) is 12.2. The van der Waals surface area contributed by atoms with Gasteiger partial charge in [0.25, 0.3) is 5.56 Å². The lowest BCUT2D eigenvalue weighted by Crippen LogP contribution is -2.22. The molecule has 0 aliphatic heterocycles. The van der Waals surface area contributed by atoms with E-state index in [0.29, 0.717) is 15.8 Å². The Labute approximate surface area is 138 Å². The van der Waals surface area contributed by atoms with Gasteiger partial charge in [0.05, 0.1) is 23.0 Å². The molecule has 0 bridgehead atoms. The third-order valence-electron chi connectivity index (χ3n) is 3.41. The van der Waals surface area contributed by atoms with E-state index in [-0.39, 0.29) is 13.1 Å². The van der Waals surface area contributed by atoms with Crippen LogP contribution in [-0.4, -0.2) is 36.4 Å². The molecule has 3 aromatic heterocycles. The van der Waals surface area contributed by atoms with Crippen LogP contribution >= 0.6 is 11.3 Å². The molecule has 0 saturated heterocycles. The monoisotopic (exact) mass is 348 g/mol. The molecule has 3 rings (SSSR count). The maximum Gasteiger partial charge on any atom is 0.341 e. The van der Waals surface area contributed by atoms with Gasteiger partial charge in [0.15, 0.2) is 5.75 Å². The van der Waals surface area contributed by atoms with Crippen molar-refractivity contribution in [1.29, 1.82) is 0 Å². The van der Waals surface area contributed by atoms with E-state index >= 15 is 0 Å². The number of aromatic nitrogens is 3. The summed E-state index contributed by atoms with van der Waals surface area (Å²) in [4.78, 5) is 34.5. The van der Waals surface area contributed by atoms with Crippen LogP contribution in [0.15, 0.2) is 28.6 Å². The first-order valence-electron chi connectivity index (χ1n) is 6.74. The average molecular weight is 348 g/mol. The number of thiophene rings is 1. The summed E-state index contributed by atoms with van der Waals surface area (Å²) in [5.41, 5.74) is 4.90. The lowest BCUT2D eigenvalue weighted by molar-refractivity contribution is -0.118. The first-order chi connectivity index (χ1) is 11.4. The maximum absolute atomic E-state index is 12.3. The predicted octanol–water partition coefficient (Wildman–Crippen LogP) is 0.197. The zero-order valence-corrected chi connectivity index (χ0v) is 13.0. The Hall–Kier alpha value is -3.14. The second-order valence-corrected chi connectivity index (χ2v) is 5.98. The minimum absolute atomic E-state index is 0.0677. The summed E-state index contributed by atoms with van der Waals surface area (Å²) >= 11 is 1.12. The van der Waals surface area contributed by atoms with Gasteiger partial charge in [-0.1, -0.05) is 0 Å². The summed E-state index contributed by atoms with van der Waals surface area (Å²) in [6.07, 6.45) is 3.02. The van der Waals surface area contributed by atoms with Crippen LogP contribution in [0.25, 0.3) is 10.2 Å². The topological polar surface area (TPSA) is 140 Å². The van der Waals surface area contributed by atoms with Gasteiger partial charge in [-0.15, -0.1) is 11.3 Å². The maximum atomic E-state index is 12.3. The highest BCUT2D eigenvalue weighted by Gasteiger charge is 2.22. The number of hydrogen-bond acceptors (Lipinski definition) is 6. The van der Waals surface area contributed by atoms with Gasteiger partial charge in [-0.05, 0) is 11.4 Å². The van der Waals surface area contributed by atoms with Crippen molar-refractivity contribution in [2.24, 2.45) is 5.73 Å². The highest BCUT2D eigenvalue weighted by molar-refractivity contribution is 7.17. The number of nitrogens with two attached hydrogens (primary N) is 1. The van der Waals surface area contributed by atoms with Gasteiger partial charge in [0, 0.05) is 11.8 Å². The van der Waals surface area contributed by atoms with E-state index in [4.69, 9.17) is 5.73 Å². The third kappa shape index (κ3) is 2.63. The number of fused-ring (bicyclic) bond motifs is 1. The second kappa shape index (κ2) is 5.81. The van der Waals surface area contributed by atoms with Crippen LogP contribution < -0.4 is 11.3 Å². The number of carboxylic acids is 1. The van der Waals surface area contributed by atoms with E-state index in [2.05, 4.69) is 5.10 Å². The number of nitrogens with zero attached hydrogens (tertiary/aromatic N) is 3. The van der Waals surface area contributed by atoms with Crippen molar-refractivity contribution in [3.8, 4) is 5.75 Å². The summed E-state index contributed by atoms with van der Waals surface area (Å²) in [6, 6.07) is 1.61. The molecule has 0 aromatic carbocycles. The largest absolute Gasteiger partial charge is 0.502 e. The molecule has 3 heterocycles. The van der Waals surface area contributed by atoms with Crippen molar-refractivity contribution in [3.63, 3.8) is 0 Å². The molecule has 124 valence electrons. The van der Waals surface area contributed by atoms with Crippen LogP contribution in [0.5, 0.6) is 5.75 Å². The quantitative estimate of drug-likeness (QED) is 0.601. The van der Waals surface area contributed by atoms with Gasteiger partial charge in [-0.2, -0.15) is 5.10 Å². The van der Waals surface area contributed by atoms with Crippen molar-refractivity contribution in [2.45, 2.75) is 13.1 Å². The van der Waals surface area contributed by atoms with E-state index < -0.39 is 28.7 Å². The fraction of sp³-hybridized carbons (Fsp3) is 0.143. The molecule has 0 aliphatic rings. The van der Waals surface area contributed by atoms with Crippen molar-refractivity contribution >= 4 is 33.4 Å². The SMILES string of the molecule is NC(=O)Cn1cc(Cn2c(=O)c(O)c(C(=O)O)c3sccc32)cn1. The van der Waals surface area contributed by atoms with Crippen LogP contribution in [0, 0.1) is 0 Å². The number of pyridine rings is 1. The van der Waals surface area contributed by atoms with Gasteiger partial charge < -0.3 is 15.9 Å². The van der Waals surface area contributed by atoms with Gasteiger partial charge in [0.1, 0.15) is 12.1 Å². The highest BCUT2D eigenvalue weighted by atomic mass is 32.1. The van der Waals surface area contributed by atoms with Crippen molar-refractivity contribution in [2.75, 3.05) is 0 Å². The fourth-order valence-electron chi connectivity index (χ4n) is 2.43. The molecular weight excluding hydrogens is 336 g/mol. The van der Waals surface area contributed by atoms with Crippen LogP contribution in [0.3, 0.4) is 0 Å². The van der Waals surface area contributed by atoms with Crippen LogP contribution in [-0.2, 0) is 17.9 Å². The van der Waals surface area contributed by atoms with Crippen molar-refractivity contribution in [1.82, 2.24) is 14.3 Å². The predicted molar refractivity (Wildman–Crippen MR) is 85.2 cm³/mol. The summed E-state index contributed by atoms with van der Waals surface area (Å²) < 4.78 is 2.90. The summed E-state index contributed by atoms with van der Waals surface area (Å²) in [5, 5.41) is 24.8. The van der Waals surface area contributed by atoms with E-state index in [1.54, 1.807) is 17.6 Å². The lowest BCUT2D eigenvalue weighted by Gasteiger charge is -2.09. The Kier molecular flexibility index (Phi) is 3.81. The summed E-state index contributed by atoms with van der Waals surface area (Å²) in [6.45, 7) is -0.0236. The molecule has 4 N–H and O–H groups in total. The first kappa shape index (κ1) is 15.7. The number of amides is 1. The molecule has 10 heteroatoms. The van der Waals surface area contributed by atoms with Crippen LogP contribution in [0.1, 0.15) is 15.9 Å². The van der Waals surface area contributed by atoms with Crippen molar-refractivity contribution < 1.29 is 19.8 Å². The number of primary amides is 1. The van der Waals surface area contributed by atoms with Gasteiger partial charge in [-0.25, -0.2) is 4.79 Å². The Morgan fingerprint density at radius 1 is 1.38 bits per heavy atom. The van der Waals surface area contributed by atoms with Gasteiger partial charge in [-0.3, -0.25) is 18.8 Å². The van der Waals surface area contributed by atoms with Crippen LogP contribution in [0.4, 0.5) is 0 Å². The molecule has 0 unspecified atom stereocenters. The van der Waals surface area contributed by atoms with E-state index in [1.165, 1.54) is 15.4 Å². The molecule has 0 radical (unpaired) electrons. The van der Waals surface area contributed by atoms with E-state index in [9.17, 15) is 24.6 Å². The molecule has 9 nitrogen and oxygen atoms in total. The van der Waals surface area contributed by atoms with E-state index in [1.807, 2.05) is 0 Å². The number of carboxylic acid groups (broad SMARTS) is 1. The minimum atomic E-state index is -1.36. The molecule has 3 aromatic rings. The molecule has 0 atom stereocenters. The molecule has 1 amide bonds. The molecule has 0 saturated carbocycles. The number of hydrogen-bond donors (Lipinski definition) is 3. The molecule has 0 aliphatic carbocycles. The summed E-state index contributed by atoms with van der Waals surface area (Å²) in [5.74, 6) is -2.72. The normalized spacial score (nSPS) is 11.0. The lowest BCUT2D eigenvalue weighted by atomic mass is 10.2. The Balaban J connectivity index is 2.09. The standard InChI is InChI=1S/C14H12N4O5S/c15-9(19)6-17-4-7(3-16-17)5-18-8-1-2-24-12(8)10(14(22)23)11(20)13(18)21/h1-4,20H,5-6H2,(H2,15,19)(H,22,23). The Bertz CT molecular complexity index is 1020. The molecular formula is C14H12N4O5S. The smallest absolute Gasteiger partial charge is 0.341 e. The Morgan fingerprint density at radius 2 is 2.12 bits per heavy atom. The highest BCUT2D eigenvalue weighted by Crippen LogP contribution is 2.29. The molecule has 0 fully saturated rings. The number of aromatic hydroxyl groups is 1. The van der Waals surface area contributed by atoms with Crippen molar-refractivity contribution in [3.05, 3.63) is 45.3 Å². The number of carbonyl (C=O) groups is 2. The average Bonchev–Trinajstić information content (AvgIpc) is 3.12. The fourth-order valence-corrected chi connectivity index (χ4v) is 3.36. The number of rotatable bonds is 5. The Morgan fingerprint density at radius 3 is 2.79 bits per heavy atom. The van der Waals surface area contributed by atoms with E-state index in [0.717, 1.165) is 11.3 Å². The molecule has 24 heavy (non-hydrogen) atoms. The zero-order chi connectivity index (χ0) is 17.4. The van der Waals surface area contributed by atoms with Gasteiger partial charge in [0.2, 0.25) is 5.91 Å². The van der Waals surface area contributed by atoms with Gasteiger partial charge >= 0.3 is 5.97 Å². The second-order valence-electron chi connectivity index (χ2n) is 5.07.